The lowest BCUT2D eigenvalue weighted by Crippen LogP contribution is -2.62. The van der Waals surface area contributed by atoms with E-state index >= 15 is 0 Å². The van der Waals surface area contributed by atoms with E-state index in [4.69, 9.17) is 27.9 Å². The fraction of sp³-hybridized carbons (Fsp3) is 0.382. The van der Waals surface area contributed by atoms with Gasteiger partial charge in [-0.25, -0.2) is 0 Å². The standard InChI is InChI=1S/C34H41Cl2N3O2/c1-33(2)20-27(21-34(3,4)39-33)37-22-26(38-32(40)18-15-24-9-6-5-7-10-24)19-25-13-16-28(17-14-25)41-23-29-30(35)11-8-12-31(29)36/h5-18,26-27,37,39H,19-23H2,1-4H3,(H,38,40). The molecule has 3 aromatic rings. The monoisotopic (exact) mass is 593 g/mol. The molecule has 1 fully saturated rings. The molecule has 218 valence electrons. The van der Waals surface area contributed by atoms with Gasteiger partial charge in [-0.15, -0.1) is 0 Å². The molecule has 7 heteroatoms. The number of nitrogens with one attached hydrogen (secondary N) is 3. The molecule has 0 aliphatic carbocycles. The molecule has 0 aromatic heterocycles. The van der Waals surface area contributed by atoms with Crippen molar-refractivity contribution in [3.63, 3.8) is 0 Å². The number of carbonyl (C=O) groups excluding carboxylic acids is 1. The summed E-state index contributed by atoms with van der Waals surface area (Å²) < 4.78 is 5.95. The number of halogens is 2. The first-order valence-corrected chi connectivity index (χ1v) is 14.9. The Hall–Kier alpha value is -2.83. The zero-order valence-corrected chi connectivity index (χ0v) is 25.9. The molecule has 1 heterocycles. The summed E-state index contributed by atoms with van der Waals surface area (Å²) in [4.78, 5) is 12.9. The summed E-state index contributed by atoms with van der Waals surface area (Å²) in [6, 6.07) is 23.5. The third-order valence-electron chi connectivity index (χ3n) is 7.27. The van der Waals surface area contributed by atoms with Crippen LogP contribution in [0, 0.1) is 0 Å². The summed E-state index contributed by atoms with van der Waals surface area (Å²) >= 11 is 12.6. The van der Waals surface area contributed by atoms with E-state index in [1.54, 1.807) is 18.2 Å². The van der Waals surface area contributed by atoms with E-state index in [9.17, 15) is 4.79 Å². The van der Waals surface area contributed by atoms with Crippen LogP contribution in [0.2, 0.25) is 10.0 Å². The Kier molecular flexibility index (Phi) is 10.5. The maximum absolute atomic E-state index is 12.9. The summed E-state index contributed by atoms with van der Waals surface area (Å²) in [5.74, 6) is 0.622. The number of amides is 1. The highest BCUT2D eigenvalue weighted by Gasteiger charge is 2.37. The van der Waals surface area contributed by atoms with E-state index in [1.165, 1.54) is 0 Å². The highest BCUT2D eigenvalue weighted by atomic mass is 35.5. The van der Waals surface area contributed by atoms with Gasteiger partial charge in [0.1, 0.15) is 12.4 Å². The van der Waals surface area contributed by atoms with Crippen molar-refractivity contribution in [3.05, 3.63) is 106 Å². The third-order valence-corrected chi connectivity index (χ3v) is 7.97. The highest BCUT2D eigenvalue weighted by molar-refractivity contribution is 6.35. The summed E-state index contributed by atoms with van der Waals surface area (Å²) in [6.07, 6.45) is 6.18. The van der Waals surface area contributed by atoms with Gasteiger partial charge in [-0.05, 0) is 88.4 Å². The minimum absolute atomic E-state index is 0.0423. The van der Waals surface area contributed by atoms with Crippen LogP contribution in [0.4, 0.5) is 0 Å². The van der Waals surface area contributed by atoms with Gasteiger partial charge in [-0.2, -0.15) is 0 Å². The lowest BCUT2D eigenvalue weighted by Gasteiger charge is -2.47. The molecule has 3 aromatic carbocycles. The molecule has 0 spiro atoms. The van der Waals surface area contributed by atoms with Gasteiger partial charge in [-0.3, -0.25) is 4.79 Å². The molecular weight excluding hydrogens is 553 g/mol. The molecule has 4 rings (SSSR count). The fourth-order valence-corrected chi connectivity index (χ4v) is 6.27. The van der Waals surface area contributed by atoms with Crippen molar-refractivity contribution in [2.75, 3.05) is 6.54 Å². The molecule has 1 atom stereocenters. The second kappa shape index (κ2) is 13.9. The topological polar surface area (TPSA) is 62.4 Å². The summed E-state index contributed by atoms with van der Waals surface area (Å²) in [6.45, 7) is 9.96. The van der Waals surface area contributed by atoms with E-state index in [0.717, 1.165) is 35.3 Å². The van der Waals surface area contributed by atoms with Gasteiger partial charge in [0.15, 0.2) is 0 Å². The molecule has 0 radical (unpaired) electrons. The van der Waals surface area contributed by atoms with Crippen molar-refractivity contribution >= 4 is 35.2 Å². The Morgan fingerprint density at radius 1 is 0.951 bits per heavy atom. The normalized spacial score (nSPS) is 17.3. The average molecular weight is 595 g/mol. The van der Waals surface area contributed by atoms with Crippen molar-refractivity contribution in [1.82, 2.24) is 16.0 Å². The molecule has 3 N–H and O–H groups in total. The Morgan fingerprint density at radius 3 is 2.22 bits per heavy atom. The first kappa shape index (κ1) is 31.1. The molecule has 5 nitrogen and oxygen atoms in total. The second-order valence-electron chi connectivity index (χ2n) is 12.2. The van der Waals surface area contributed by atoms with Crippen LogP contribution in [0.15, 0.2) is 78.9 Å². The number of benzene rings is 3. The molecule has 1 aliphatic heterocycles. The molecule has 1 amide bonds. The number of rotatable bonds is 11. The van der Waals surface area contributed by atoms with Gasteiger partial charge < -0.3 is 20.7 Å². The number of piperidine rings is 1. The minimum atomic E-state index is -0.108. The number of ether oxygens (including phenoxy) is 1. The maximum atomic E-state index is 12.9. The van der Waals surface area contributed by atoms with Crippen LogP contribution < -0.4 is 20.7 Å². The summed E-state index contributed by atoms with van der Waals surface area (Å²) in [5.41, 5.74) is 2.95. The molecule has 1 unspecified atom stereocenters. The van der Waals surface area contributed by atoms with Crippen LogP contribution in [0.25, 0.3) is 6.08 Å². The number of hydrogen-bond acceptors (Lipinski definition) is 4. The van der Waals surface area contributed by atoms with E-state index in [-0.39, 0.29) is 29.6 Å². The third kappa shape index (κ3) is 9.89. The van der Waals surface area contributed by atoms with Gasteiger partial charge in [0.05, 0.1) is 0 Å². The lowest BCUT2D eigenvalue weighted by atomic mass is 9.79. The Morgan fingerprint density at radius 2 is 1.59 bits per heavy atom. The van der Waals surface area contributed by atoms with Crippen molar-refractivity contribution < 1.29 is 9.53 Å². The molecule has 0 bridgehead atoms. The quantitative estimate of drug-likeness (QED) is 0.205. The average Bonchev–Trinajstić information content (AvgIpc) is 2.90. The van der Waals surface area contributed by atoms with Gasteiger partial charge >= 0.3 is 0 Å². The Balaban J connectivity index is 1.41. The minimum Gasteiger partial charge on any atom is -0.489 e. The molecule has 0 saturated carbocycles. The van der Waals surface area contributed by atoms with Crippen LogP contribution in [-0.4, -0.2) is 35.6 Å². The van der Waals surface area contributed by atoms with Crippen LogP contribution in [0.1, 0.15) is 57.2 Å². The van der Waals surface area contributed by atoms with Crippen LogP contribution >= 0.6 is 23.2 Å². The van der Waals surface area contributed by atoms with E-state index in [0.29, 0.717) is 29.1 Å². The van der Waals surface area contributed by atoms with Crippen molar-refractivity contribution in [1.29, 1.82) is 0 Å². The first-order chi connectivity index (χ1) is 19.5. The van der Waals surface area contributed by atoms with Gasteiger partial charge in [0.2, 0.25) is 5.91 Å². The van der Waals surface area contributed by atoms with Gasteiger partial charge in [-0.1, -0.05) is 71.7 Å². The molecule has 41 heavy (non-hydrogen) atoms. The lowest BCUT2D eigenvalue weighted by molar-refractivity contribution is -0.117. The summed E-state index contributed by atoms with van der Waals surface area (Å²) in [5, 5.41) is 11.9. The highest BCUT2D eigenvalue weighted by Crippen LogP contribution is 2.29. The van der Waals surface area contributed by atoms with Crippen molar-refractivity contribution in [2.24, 2.45) is 0 Å². The SMILES string of the molecule is CC1(C)CC(NCC(Cc2ccc(OCc3c(Cl)cccc3Cl)cc2)NC(=O)C=Cc2ccccc2)CC(C)(C)N1. The Labute approximate surface area is 254 Å². The van der Waals surface area contributed by atoms with Crippen molar-refractivity contribution in [2.45, 2.75) is 76.7 Å². The molecular formula is C34H41Cl2N3O2. The molecule has 1 aliphatic rings. The van der Waals surface area contributed by atoms with Crippen molar-refractivity contribution in [3.8, 4) is 5.75 Å². The van der Waals surface area contributed by atoms with E-state index in [1.807, 2.05) is 66.7 Å². The van der Waals surface area contributed by atoms with Gasteiger partial charge in [0.25, 0.3) is 0 Å². The predicted octanol–water partition coefficient (Wildman–Crippen LogP) is 7.21. The molecule has 1 saturated heterocycles. The van der Waals surface area contributed by atoms with Crippen LogP contribution in [0.5, 0.6) is 5.75 Å². The van der Waals surface area contributed by atoms with E-state index < -0.39 is 0 Å². The van der Waals surface area contributed by atoms with Crippen LogP contribution in [-0.2, 0) is 17.8 Å². The van der Waals surface area contributed by atoms with E-state index in [2.05, 4.69) is 43.6 Å². The predicted molar refractivity (Wildman–Crippen MR) is 171 cm³/mol. The maximum Gasteiger partial charge on any atom is 0.244 e. The fourth-order valence-electron chi connectivity index (χ4n) is 5.77. The summed E-state index contributed by atoms with van der Waals surface area (Å²) in [7, 11) is 0. The second-order valence-corrected chi connectivity index (χ2v) is 13.0. The smallest absolute Gasteiger partial charge is 0.244 e. The Bertz CT molecular complexity index is 1290. The number of carbonyl (C=O) groups is 1. The number of hydrogen-bond donors (Lipinski definition) is 3. The van der Waals surface area contributed by atoms with Crippen LogP contribution in [0.3, 0.4) is 0 Å². The van der Waals surface area contributed by atoms with Gasteiger partial charge in [0, 0.05) is 51.4 Å². The first-order valence-electron chi connectivity index (χ1n) is 14.2. The zero-order chi connectivity index (χ0) is 29.5. The largest absolute Gasteiger partial charge is 0.489 e. The zero-order valence-electron chi connectivity index (χ0n) is 24.3.